The maximum atomic E-state index is 13.6. The number of nitrogens with zero attached hydrogens (tertiary/aromatic N) is 2. The smallest absolute Gasteiger partial charge is 0.442 e. The Kier molecular flexibility index (Phi) is 9.61. The number of rotatable bonds is 7. The molecule has 2 amide bonds. The molecule has 18 heteroatoms. The van der Waals surface area contributed by atoms with E-state index in [9.17, 15) is 45.9 Å². The fourth-order valence-electron chi connectivity index (χ4n) is 2.99. The summed E-state index contributed by atoms with van der Waals surface area (Å²) in [7, 11) is -6.25. The van der Waals surface area contributed by atoms with Crippen LogP contribution < -0.4 is 33.1 Å². The number of hydrogen-bond donors (Lipinski definition) is 4. The molecule has 1 aliphatic rings. The zero-order valence-corrected chi connectivity index (χ0v) is 21.5. The molecule has 11 nitrogen and oxygen atoms in total. The Morgan fingerprint density at radius 3 is 2.05 bits per heavy atom. The van der Waals surface area contributed by atoms with Crippen molar-refractivity contribution in [3.63, 3.8) is 0 Å². The average molecular weight is 619 g/mol. The number of carbonyl (C=O) groups is 2. The lowest BCUT2D eigenvalue weighted by Crippen LogP contribution is -2.44. The van der Waals surface area contributed by atoms with Crippen molar-refractivity contribution in [3.05, 3.63) is 69.2 Å². The minimum absolute atomic E-state index is 0. The molecule has 0 saturated heterocycles. The molecule has 2 aromatic carbocycles. The van der Waals surface area contributed by atoms with Gasteiger partial charge in [-0.25, -0.2) is 0 Å². The topological polar surface area (TPSA) is 233 Å². The Morgan fingerprint density at radius 2 is 1.59 bits per heavy atom. The van der Waals surface area contributed by atoms with Gasteiger partial charge in [-0.15, -0.1) is 10.2 Å². The second-order valence-electron chi connectivity index (χ2n) is 7.46. The highest BCUT2D eigenvalue weighted by atomic mass is 79.9. The monoisotopic (exact) mass is 618 g/mol. The molecule has 0 fully saturated rings. The number of halogens is 6. The molecule has 1 heterocycles. The van der Waals surface area contributed by atoms with Crippen LogP contribution >= 0.6 is 23.5 Å². The molecule has 11 N–H and O–H groups in total. The SMILES string of the molecule is N[C@@H](Cc1ccc(C(F)(F)P(=O)([O-])[O-])cc1)C(=O)NC(=O)c1cc(Br)cc(C2(C(F)(F)F)N=N2)c1.[NH4+].[NH4+]. The predicted molar refractivity (Wildman–Crippen MR) is 121 cm³/mol. The highest BCUT2D eigenvalue weighted by molar-refractivity contribution is 9.10. The molecule has 0 radical (unpaired) electrons. The highest BCUT2D eigenvalue weighted by Crippen LogP contribution is 2.53. The van der Waals surface area contributed by atoms with Crippen molar-refractivity contribution in [1.29, 1.82) is 0 Å². The number of hydrogen-bond acceptors (Lipinski definition) is 8. The molecule has 0 aliphatic carbocycles. The summed E-state index contributed by atoms with van der Waals surface area (Å²) in [6.07, 6.45) is -5.12. The van der Waals surface area contributed by atoms with E-state index in [4.69, 9.17) is 5.73 Å². The van der Waals surface area contributed by atoms with Crippen molar-refractivity contribution in [2.24, 2.45) is 16.0 Å². The van der Waals surface area contributed by atoms with Crippen LogP contribution in [0, 0.1) is 0 Å². The van der Waals surface area contributed by atoms with E-state index >= 15 is 0 Å². The maximum Gasteiger partial charge on any atom is 0.442 e. The Balaban J connectivity index is 0.00000342. The van der Waals surface area contributed by atoms with E-state index in [0.717, 1.165) is 30.3 Å². The Bertz CT molecular complexity index is 1250. The van der Waals surface area contributed by atoms with Gasteiger partial charge in [-0.1, -0.05) is 40.2 Å². The Labute approximate surface area is 214 Å². The molecular weight excluding hydrogens is 598 g/mol. The minimum Gasteiger partial charge on any atom is -0.806 e. The lowest BCUT2D eigenvalue weighted by Gasteiger charge is -2.37. The van der Waals surface area contributed by atoms with Crippen molar-refractivity contribution in [2.45, 2.75) is 30.0 Å². The van der Waals surface area contributed by atoms with Gasteiger partial charge in [0, 0.05) is 28.8 Å². The highest BCUT2D eigenvalue weighted by Gasteiger charge is 2.65. The Morgan fingerprint density at radius 1 is 1.05 bits per heavy atom. The third-order valence-electron chi connectivity index (χ3n) is 4.93. The molecule has 37 heavy (non-hydrogen) atoms. The first-order valence-electron chi connectivity index (χ1n) is 9.40. The van der Waals surface area contributed by atoms with E-state index in [1.807, 2.05) is 5.32 Å². The van der Waals surface area contributed by atoms with Gasteiger partial charge in [-0.2, -0.15) is 22.0 Å². The molecule has 0 saturated carbocycles. The molecule has 0 spiro atoms. The summed E-state index contributed by atoms with van der Waals surface area (Å²) in [6.45, 7) is 0. The first-order valence-corrected chi connectivity index (χ1v) is 11.7. The first kappa shape index (κ1) is 32.4. The van der Waals surface area contributed by atoms with Gasteiger partial charge in [0.15, 0.2) is 0 Å². The number of alkyl halides is 5. The summed E-state index contributed by atoms with van der Waals surface area (Å²) in [4.78, 5) is 46.2. The number of carbonyl (C=O) groups excluding carboxylic acids is 2. The van der Waals surface area contributed by atoms with Gasteiger partial charge in [0.25, 0.3) is 11.6 Å². The van der Waals surface area contributed by atoms with Gasteiger partial charge in [0.1, 0.15) is 0 Å². The van der Waals surface area contributed by atoms with Gasteiger partial charge >= 0.3 is 11.8 Å². The standard InChI is InChI=1S/C19H15BrF5N4O5P.2H3N/c20-13-7-10(6-12(8-13)17(28-29-17)19(23,24)25)15(30)27-16(31)14(26)5-9-1-3-11(4-2-9)18(21,22)35(32,33)34;;/h1-4,6-8,14H,5,26H2,(H,27,30,31)(H2,32,33,34);2*1H3/t14-;;/m0../s1. The fraction of sp³-hybridized carbons (Fsp3) is 0.263. The summed E-state index contributed by atoms with van der Waals surface area (Å²) >= 11 is 2.99. The van der Waals surface area contributed by atoms with E-state index < -0.39 is 54.1 Å². The second kappa shape index (κ2) is 11.0. The quantitative estimate of drug-likeness (QED) is 0.268. The molecule has 1 aliphatic heterocycles. The van der Waals surface area contributed by atoms with Crippen molar-refractivity contribution in [3.8, 4) is 0 Å². The molecule has 1 atom stereocenters. The van der Waals surface area contributed by atoms with Crippen molar-refractivity contribution in [2.75, 3.05) is 0 Å². The number of nitrogens with two attached hydrogens (primary N) is 1. The third kappa shape index (κ3) is 6.62. The molecule has 0 bridgehead atoms. The molecule has 0 unspecified atom stereocenters. The van der Waals surface area contributed by atoms with Crippen LogP contribution in [0.2, 0.25) is 0 Å². The van der Waals surface area contributed by atoms with Crippen molar-refractivity contribution >= 4 is 35.3 Å². The fourth-order valence-corrected chi connectivity index (χ4v) is 3.95. The summed E-state index contributed by atoms with van der Waals surface area (Å²) in [5.74, 6) is -2.09. The van der Waals surface area contributed by atoms with Crippen LogP contribution in [-0.4, -0.2) is 24.0 Å². The van der Waals surface area contributed by atoms with Gasteiger partial charge in [0.2, 0.25) is 5.91 Å². The van der Waals surface area contributed by atoms with Crippen LogP contribution in [0.15, 0.2) is 57.2 Å². The van der Waals surface area contributed by atoms with Crippen molar-refractivity contribution in [1.82, 2.24) is 17.6 Å². The summed E-state index contributed by atoms with van der Waals surface area (Å²) in [6, 6.07) is 5.12. The minimum atomic E-state index is -6.25. The maximum absolute atomic E-state index is 13.6. The van der Waals surface area contributed by atoms with Crippen LogP contribution in [0.5, 0.6) is 0 Å². The summed E-state index contributed by atoms with van der Waals surface area (Å²) < 4.78 is 77.8. The van der Waals surface area contributed by atoms with E-state index in [0.29, 0.717) is 12.1 Å². The third-order valence-corrected chi connectivity index (χ3v) is 6.34. The molecule has 204 valence electrons. The van der Waals surface area contributed by atoms with Crippen LogP contribution in [0.25, 0.3) is 0 Å². The largest absolute Gasteiger partial charge is 0.806 e. The number of quaternary nitrogens is 2. The molecule has 3 rings (SSSR count). The average Bonchev–Trinajstić information content (AvgIpc) is 3.55. The molecule has 2 aromatic rings. The van der Waals surface area contributed by atoms with Gasteiger partial charge < -0.3 is 32.4 Å². The van der Waals surface area contributed by atoms with E-state index in [2.05, 4.69) is 26.2 Å². The number of nitrogens with one attached hydrogen (secondary N) is 1. The lowest BCUT2D eigenvalue weighted by atomic mass is 10.00. The van der Waals surface area contributed by atoms with E-state index in [1.165, 1.54) is 0 Å². The van der Waals surface area contributed by atoms with E-state index in [-0.39, 0.29) is 34.3 Å². The predicted octanol–water partition coefficient (Wildman–Crippen LogP) is 3.17. The summed E-state index contributed by atoms with van der Waals surface area (Å²) in [5.41, 5.74) is -3.34. The van der Waals surface area contributed by atoms with Gasteiger partial charge in [-0.05, 0) is 30.2 Å². The van der Waals surface area contributed by atoms with Gasteiger partial charge in [-0.3, -0.25) is 14.9 Å². The van der Waals surface area contributed by atoms with Crippen molar-refractivity contribution < 1.29 is 45.9 Å². The second-order valence-corrected chi connectivity index (χ2v) is 9.94. The number of benzene rings is 2. The zero-order valence-electron chi connectivity index (χ0n) is 19.1. The van der Waals surface area contributed by atoms with Crippen LogP contribution in [0.3, 0.4) is 0 Å². The number of imide groups is 1. The number of amides is 2. The van der Waals surface area contributed by atoms with Crippen LogP contribution in [0.1, 0.15) is 27.0 Å². The first-order chi connectivity index (χ1) is 16.0. The van der Waals surface area contributed by atoms with Gasteiger partial charge in [0.05, 0.1) is 6.04 Å². The summed E-state index contributed by atoms with van der Waals surface area (Å²) in [5, 5.41) is 8.03. The zero-order chi connectivity index (χ0) is 26.4. The Hall–Kier alpha value is -2.66. The molecular formula is C19H21BrF5N6O5P. The normalized spacial score (nSPS) is 15.2. The molecule has 0 aromatic heterocycles. The van der Waals surface area contributed by atoms with E-state index in [1.54, 1.807) is 0 Å². The lowest BCUT2D eigenvalue weighted by molar-refractivity contribution is -0.335. The van der Waals surface area contributed by atoms with Crippen LogP contribution in [-0.2, 0) is 27.1 Å². The van der Waals surface area contributed by atoms with Crippen LogP contribution in [0.4, 0.5) is 22.0 Å².